The van der Waals surface area contributed by atoms with Crippen LogP contribution < -0.4 is 5.32 Å². The second-order valence-corrected chi connectivity index (χ2v) is 6.29. The lowest BCUT2D eigenvalue weighted by Gasteiger charge is -2.45. The van der Waals surface area contributed by atoms with Crippen LogP contribution in [-0.4, -0.2) is 36.6 Å². The number of nitrogens with one attached hydrogen (secondary N) is 1. The van der Waals surface area contributed by atoms with Crippen molar-refractivity contribution in [3.05, 3.63) is 0 Å². The van der Waals surface area contributed by atoms with E-state index in [9.17, 15) is 0 Å². The molecule has 1 saturated heterocycles. The van der Waals surface area contributed by atoms with Crippen molar-refractivity contribution in [1.82, 2.24) is 10.2 Å². The van der Waals surface area contributed by atoms with E-state index in [-0.39, 0.29) is 0 Å². The van der Waals surface area contributed by atoms with Crippen LogP contribution in [0, 0.1) is 5.92 Å². The molecule has 1 saturated carbocycles. The van der Waals surface area contributed by atoms with E-state index in [2.05, 4.69) is 24.1 Å². The van der Waals surface area contributed by atoms with Crippen molar-refractivity contribution >= 4 is 0 Å². The van der Waals surface area contributed by atoms with E-state index in [0.29, 0.717) is 0 Å². The third-order valence-electron chi connectivity index (χ3n) is 4.94. The number of hydrogen-bond donors (Lipinski definition) is 1. The normalized spacial score (nSPS) is 31.0. The largest absolute Gasteiger partial charge is 0.313 e. The molecule has 0 amide bonds. The van der Waals surface area contributed by atoms with E-state index in [4.69, 9.17) is 0 Å². The van der Waals surface area contributed by atoms with Crippen LogP contribution in [0.5, 0.6) is 0 Å². The minimum Gasteiger partial charge on any atom is -0.313 e. The van der Waals surface area contributed by atoms with Gasteiger partial charge in [-0.3, -0.25) is 4.90 Å². The van der Waals surface area contributed by atoms with Crippen molar-refractivity contribution in [2.24, 2.45) is 5.92 Å². The fourth-order valence-electron chi connectivity index (χ4n) is 4.13. The zero-order valence-electron chi connectivity index (χ0n) is 12.5. The maximum Gasteiger partial charge on any atom is 0.0194 e. The van der Waals surface area contributed by atoms with Crippen molar-refractivity contribution in [3.8, 4) is 0 Å². The fourth-order valence-corrected chi connectivity index (χ4v) is 4.13. The summed E-state index contributed by atoms with van der Waals surface area (Å²) in [5.74, 6) is 1.02. The minimum atomic E-state index is 0.723. The number of rotatable bonds is 6. The maximum absolute atomic E-state index is 3.68. The van der Waals surface area contributed by atoms with Crippen LogP contribution in [0.1, 0.15) is 65.2 Å². The van der Waals surface area contributed by atoms with Gasteiger partial charge >= 0.3 is 0 Å². The quantitative estimate of drug-likeness (QED) is 0.779. The molecular formula is C16H32N2. The zero-order valence-corrected chi connectivity index (χ0v) is 12.5. The van der Waals surface area contributed by atoms with Gasteiger partial charge in [-0.15, -0.1) is 0 Å². The van der Waals surface area contributed by atoms with Gasteiger partial charge in [0.1, 0.15) is 0 Å². The second-order valence-electron chi connectivity index (χ2n) is 6.29. The first-order valence-corrected chi connectivity index (χ1v) is 8.32. The van der Waals surface area contributed by atoms with Gasteiger partial charge in [-0.25, -0.2) is 0 Å². The first-order chi connectivity index (χ1) is 8.85. The zero-order chi connectivity index (χ0) is 12.8. The summed E-state index contributed by atoms with van der Waals surface area (Å²) in [6.45, 7) is 8.31. The Hall–Kier alpha value is -0.0800. The molecule has 2 fully saturated rings. The van der Waals surface area contributed by atoms with Gasteiger partial charge in [0.05, 0.1) is 0 Å². The number of likely N-dealkylation sites (tertiary alicyclic amines) is 1. The van der Waals surface area contributed by atoms with Crippen molar-refractivity contribution in [3.63, 3.8) is 0 Å². The van der Waals surface area contributed by atoms with Crippen LogP contribution in [0.4, 0.5) is 0 Å². The molecule has 2 aliphatic rings. The molecule has 0 radical (unpaired) electrons. The van der Waals surface area contributed by atoms with Crippen LogP contribution in [0.3, 0.4) is 0 Å². The molecule has 0 bridgehead atoms. The highest BCUT2D eigenvalue weighted by Crippen LogP contribution is 2.35. The van der Waals surface area contributed by atoms with E-state index in [1.54, 1.807) is 0 Å². The molecule has 0 aromatic heterocycles. The molecule has 3 unspecified atom stereocenters. The second kappa shape index (κ2) is 7.49. The Morgan fingerprint density at radius 2 is 1.89 bits per heavy atom. The van der Waals surface area contributed by atoms with Gasteiger partial charge in [0.15, 0.2) is 0 Å². The minimum absolute atomic E-state index is 0.723. The summed E-state index contributed by atoms with van der Waals surface area (Å²) in [7, 11) is 0. The highest BCUT2D eigenvalue weighted by molar-refractivity contribution is 4.89. The number of nitrogens with zero attached hydrogens (tertiary/aromatic N) is 1. The average molecular weight is 252 g/mol. The van der Waals surface area contributed by atoms with E-state index in [1.165, 1.54) is 64.5 Å². The van der Waals surface area contributed by atoms with Crippen molar-refractivity contribution in [2.75, 3.05) is 19.6 Å². The smallest absolute Gasteiger partial charge is 0.0194 e. The van der Waals surface area contributed by atoms with Crippen LogP contribution >= 0.6 is 0 Å². The standard InChI is InChI=1S/C16H32N2/c1-3-8-15(17-4-2)13-18-12-7-10-14-9-5-6-11-16(14)18/h14-17H,3-13H2,1-2H3. The monoisotopic (exact) mass is 252 g/mol. The Labute approximate surface area is 114 Å². The SMILES string of the molecule is CCCC(CN1CCCC2CCCCC21)NCC. The lowest BCUT2D eigenvalue weighted by Crippen LogP contribution is -2.51. The molecule has 3 atom stereocenters. The third kappa shape index (κ3) is 3.71. The van der Waals surface area contributed by atoms with Gasteiger partial charge < -0.3 is 5.32 Å². The first-order valence-electron chi connectivity index (χ1n) is 8.32. The highest BCUT2D eigenvalue weighted by atomic mass is 15.2. The Morgan fingerprint density at radius 1 is 1.11 bits per heavy atom. The molecule has 1 aliphatic carbocycles. The number of piperidine rings is 1. The molecular weight excluding hydrogens is 220 g/mol. The van der Waals surface area contributed by atoms with Crippen LogP contribution in [0.2, 0.25) is 0 Å². The Balaban J connectivity index is 1.88. The van der Waals surface area contributed by atoms with E-state index in [0.717, 1.165) is 24.5 Å². The van der Waals surface area contributed by atoms with Crippen molar-refractivity contribution < 1.29 is 0 Å². The van der Waals surface area contributed by atoms with E-state index >= 15 is 0 Å². The third-order valence-corrected chi connectivity index (χ3v) is 4.94. The van der Waals surface area contributed by atoms with Gasteiger partial charge in [-0.2, -0.15) is 0 Å². The summed E-state index contributed by atoms with van der Waals surface area (Å²) in [6.07, 6.45) is 11.5. The molecule has 0 aromatic carbocycles. The first kappa shape index (κ1) is 14.3. The average Bonchev–Trinajstić information content (AvgIpc) is 2.40. The van der Waals surface area contributed by atoms with Gasteiger partial charge in [0, 0.05) is 18.6 Å². The molecule has 2 heteroatoms. The lowest BCUT2D eigenvalue weighted by atomic mass is 9.78. The molecule has 1 N–H and O–H groups in total. The molecule has 1 aliphatic heterocycles. The number of hydrogen-bond acceptors (Lipinski definition) is 2. The van der Waals surface area contributed by atoms with E-state index < -0.39 is 0 Å². The summed E-state index contributed by atoms with van der Waals surface area (Å²) >= 11 is 0. The number of likely N-dealkylation sites (N-methyl/N-ethyl adjacent to an activating group) is 1. The predicted molar refractivity (Wildman–Crippen MR) is 78.9 cm³/mol. The molecule has 106 valence electrons. The topological polar surface area (TPSA) is 15.3 Å². The lowest BCUT2D eigenvalue weighted by molar-refractivity contribution is 0.0522. The van der Waals surface area contributed by atoms with Crippen LogP contribution in [-0.2, 0) is 0 Å². The van der Waals surface area contributed by atoms with E-state index in [1.807, 2.05) is 0 Å². The predicted octanol–water partition coefficient (Wildman–Crippen LogP) is 3.42. The van der Waals surface area contributed by atoms with Gasteiger partial charge in [-0.1, -0.05) is 33.1 Å². The van der Waals surface area contributed by atoms with Gasteiger partial charge in [-0.05, 0) is 51.1 Å². The molecule has 18 heavy (non-hydrogen) atoms. The molecule has 2 rings (SSSR count). The summed E-state index contributed by atoms with van der Waals surface area (Å²) in [5, 5.41) is 3.68. The molecule has 2 nitrogen and oxygen atoms in total. The Bertz CT molecular complexity index is 221. The number of fused-ring (bicyclic) bond motifs is 1. The van der Waals surface area contributed by atoms with Crippen LogP contribution in [0.15, 0.2) is 0 Å². The summed E-state index contributed by atoms with van der Waals surface area (Å²) in [6, 6.07) is 1.64. The Morgan fingerprint density at radius 3 is 2.67 bits per heavy atom. The molecule has 0 spiro atoms. The highest BCUT2D eigenvalue weighted by Gasteiger charge is 2.33. The summed E-state index contributed by atoms with van der Waals surface area (Å²) in [5.41, 5.74) is 0. The Kier molecular flexibility index (Phi) is 5.97. The molecule has 1 heterocycles. The summed E-state index contributed by atoms with van der Waals surface area (Å²) in [4.78, 5) is 2.83. The maximum atomic E-state index is 3.68. The van der Waals surface area contributed by atoms with Gasteiger partial charge in [0.2, 0.25) is 0 Å². The summed E-state index contributed by atoms with van der Waals surface area (Å²) < 4.78 is 0. The fraction of sp³-hybridized carbons (Fsp3) is 1.00. The molecule has 0 aromatic rings. The van der Waals surface area contributed by atoms with Gasteiger partial charge in [0.25, 0.3) is 0 Å². The van der Waals surface area contributed by atoms with Crippen molar-refractivity contribution in [1.29, 1.82) is 0 Å². The van der Waals surface area contributed by atoms with Crippen LogP contribution in [0.25, 0.3) is 0 Å². The van der Waals surface area contributed by atoms with Crippen molar-refractivity contribution in [2.45, 2.75) is 77.3 Å².